The Morgan fingerprint density at radius 2 is 1.60 bits per heavy atom. The van der Waals surface area contributed by atoms with E-state index < -0.39 is 33.5 Å². The molecule has 35 heavy (non-hydrogen) atoms. The normalized spacial score (nSPS) is 15.3. The SMILES string of the molecule is O=C1NC(=O)N(c2ccc(O)cc2)C(=O)/C1=C/c1cc(Br)cc(Br)c1OS(=O)(=O)c1ccccc1. The zero-order valence-electron chi connectivity index (χ0n) is 17.4. The van der Waals surface area contributed by atoms with Gasteiger partial charge in [-0.05, 0) is 70.5 Å². The Balaban J connectivity index is 1.79. The molecule has 0 bridgehead atoms. The summed E-state index contributed by atoms with van der Waals surface area (Å²) in [5.41, 5.74) is -0.254. The van der Waals surface area contributed by atoms with Gasteiger partial charge in [-0.25, -0.2) is 9.69 Å². The highest BCUT2D eigenvalue weighted by Gasteiger charge is 2.37. The van der Waals surface area contributed by atoms with Crippen molar-refractivity contribution in [3.05, 3.63) is 86.8 Å². The summed E-state index contributed by atoms with van der Waals surface area (Å²) in [6.07, 6.45) is 1.13. The van der Waals surface area contributed by atoms with E-state index in [4.69, 9.17) is 4.18 Å². The molecule has 12 heteroatoms. The molecule has 0 unspecified atom stereocenters. The van der Waals surface area contributed by atoms with Gasteiger partial charge in [-0.15, -0.1) is 0 Å². The third-order valence-corrected chi connectivity index (χ3v) is 7.05. The van der Waals surface area contributed by atoms with Gasteiger partial charge in [-0.1, -0.05) is 34.1 Å². The van der Waals surface area contributed by atoms with Crippen LogP contribution in [-0.4, -0.2) is 31.4 Å². The number of carbonyl (C=O) groups excluding carboxylic acids is 3. The van der Waals surface area contributed by atoms with Crippen molar-refractivity contribution in [3.63, 3.8) is 0 Å². The number of phenolic OH excluding ortho intramolecular Hbond substituents is 1. The van der Waals surface area contributed by atoms with E-state index in [1.54, 1.807) is 6.07 Å². The number of nitrogens with one attached hydrogen (secondary N) is 1. The second kappa shape index (κ2) is 9.64. The van der Waals surface area contributed by atoms with Gasteiger partial charge in [-0.2, -0.15) is 8.42 Å². The fourth-order valence-electron chi connectivity index (χ4n) is 3.17. The second-order valence-electron chi connectivity index (χ2n) is 7.13. The minimum absolute atomic E-state index is 0.0734. The molecule has 1 aliphatic rings. The number of hydrogen-bond donors (Lipinski definition) is 2. The Labute approximate surface area is 216 Å². The van der Waals surface area contributed by atoms with Crippen molar-refractivity contribution in [3.8, 4) is 11.5 Å². The summed E-state index contributed by atoms with van der Waals surface area (Å²) >= 11 is 6.55. The van der Waals surface area contributed by atoms with Gasteiger partial charge in [0.25, 0.3) is 11.8 Å². The van der Waals surface area contributed by atoms with Crippen LogP contribution in [0.4, 0.5) is 10.5 Å². The van der Waals surface area contributed by atoms with Crippen LogP contribution in [-0.2, 0) is 19.7 Å². The van der Waals surface area contributed by atoms with Gasteiger partial charge in [0.15, 0.2) is 5.75 Å². The molecule has 0 aliphatic carbocycles. The van der Waals surface area contributed by atoms with E-state index in [0.29, 0.717) is 4.47 Å². The number of imide groups is 2. The van der Waals surface area contributed by atoms with Crippen molar-refractivity contribution < 1.29 is 32.1 Å². The number of amides is 4. The molecule has 3 aromatic carbocycles. The molecule has 0 aromatic heterocycles. The van der Waals surface area contributed by atoms with Crippen LogP contribution in [0.1, 0.15) is 5.56 Å². The zero-order valence-corrected chi connectivity index (χ0v) is 21.4. The number of nitrogens with zero attached hydrogens (tertiary/aromatic N) is 1. The van der Waals surface area contributed by atoms with Gasteiger partial charge in [-0.3, -0.25) is 14.9 Å². The average molecular weight is 622 g/mol. The first-order valence-electron chi connectivity index (χ1n) is 9.76. The van der Waals surface area contributed by atoms with Gasteiger partial charge in [0.2, 0.25) is 0 Å². The van der Waals surface area contributed by atoms with Crippen molar-refractivity contribution in [2.45, 2.75) is 4.90 Å². The molecule has 3 aromatic rings. The first-order valence-corrected chi connectivity index (χ1v) is 12.8. The monoisotopic (exact) mass is 620 g/mol. The lowest BCUT2D eigenvalue weighted by atomic mass is 10.1. The maximum absolute atomic E-state index is 13.2. The Kier molecular flexibility index (Phi) is 6.79. The molecular weight excluding hydrogens is 608 g/mol. The Hall–Kier alpha value is -3.48. The van der Waals surface area contributed by atoms with Crippen LogP contribution in [0.2, 0.25) is 0 Å². The van der Waals surface area contributed by atoms with E-state index in [2.05, 4.69) is 37.2 Å². The molecule has 0 spiro atoms. The van der Waals surface area contributed by atoms with Crippen molar-refractivity contribution in [2.75, 3.05) is 4.90 Å². The van der Waals surface area contributed by atoms with Crippen LogP contribution in [0.3, 0.4) is 0 Å². The van der Waals surface area contributed by atoms with Crippen molar-refractivity contribution in [1.82, 2.24) is 5.32 Å². The quantitative estimate of drug-likeness (QED) is 0.246. The maximum Gasteiger partial charge on any atom is 0.339 e. The van der Waals surface area contributed by atoms with Crippen LogP contribution >= 0.6 is 31.9 Å². The average Bonchev–Trinajstić information content (AvgIpc) is 2.80. The van der Waals surface area contributed by atoms with Crippen LogP contribution < -0.4 is 14.4 Å². The van der Waals surface area contributed by atoms with Gasteiger partial charge < -0.3 is 9.29 Å². The summed E-state index contributed by atoms with van der Waals surface area (Å²) in [5, 5.41) is 11.6. The fraction of sp³-hybridized carbons (Fsp3) is 0. The summed E-state index contributed by atoms with van der Waals surface area (Å²) in [7, 11) is -4.25. The Bertz CT molecular complexity index is 1490. The molecule has 0 saturated carbocycles. The summed E-state index contributed by atoms with van der Waals surface area (Å²) in [6, 6.07) is 14.7. The molecule has 2 N–H and O–H groups in total. The lowest BCUT2D eigenvalue weighted by Gasteiger charge is -2.26. The lowest BCUT2D eigenvalue weighted by Crippen LogP contribution is -2.54. The largest absolute Gasteiger partial charge is 0.508 e. The molecule has 1 fully saturated rings. The fourth-order valence-corrected chi connectivity index (χ4v) is 5.61. The number of benzene rings is 3. The van der Waals surface area contributed by atoms with Gasteiger partial charge in [0.05, 0.1) is 10.2 Å². The molecule has 9 nitrogen and oxygen atoms in total. The Morgan fingerprint density at radius 3 is 2.26 bits per heavy atom. The molecule has 0 radical (unpaired) electrons. The standard InChI is InChI=1S/C23H14Br2N2O7S/c24-14-10-13(20(19(25)12-14)34-35(32,33)17-4-2-1-3-5-17)11-18-21(29)26-23(31)27(22(18)30)15-6-8-16(28)9-7-15/h1-12,28H,(H,26,29,31)/b18-11+. The van der Waals surface area contributed by atoms with E-state index in [1.807, 2.05) is 0 Å². The van der Waals surface area contributed by atoms with Crippen LogP contribution in [0.15, 0.2) is 86.1 Å². The van der Waals surface area contributed by atoms with E-state index in [9.17, 15) is 27.9 Å². The second-order valence-corrected chi connectivity index (χ2v) is 10.4. The molecule has 4 amide bonds. The third-order valence-electron chi connectivity index (χ3n) is 4.77. The number of barbiturate groups is 1. The number of rotatable bonds is 5. The molecule has 178 valence electrons. The molecule has 1 heterocycles. The Morgan fingerprint density at radius 1 is 0.943 bits per heavy atom. The molecule has 1 saturated heterocycles. The van der Waals surface area contributed by atoms with Gasteiger partial charge in [0.1, 0.15) is 16.2 Å². The number of hydrogen-bond acceptors (Lipinski definition) is 7. The smallest absolute Gasteiger partial charge is 0.339 e. The summed E-state index contributed by atoms with van der Waals surface area (Å²) in [4.78, 5) is 38.7. The molecule has 0 atom stereocenters. The zero-order chi connectivity index (χ0) is 25.3. The van der Waals surface area contributed by atoms with E-state index in [-0.39, 0.29) is 32.1 Å². The first-order chi connectivity index (χ1) is 16.6. The van der Waals surface area contributed by atoms with Gasteiger partial charge in [0, 0.05) is 10.0 Å². The van der Waals surface area contributed by atoms with Crippen molar-refractivity contribution >= 4 is 71.6 Å². The van der Waals surface area contributed by atoms with Crippen molar-refractivity contribution in [1.29, 1.82) is 0 Å². The number of urea groups is 1. The predicted octanol–water partition coefficient (Wildman–Crippen LogP) is 4.35. The highest BCUT2D eigenvalue weighted by molar-refractivity contribution is 9.11. The molecule has 4 rings (SSSR count). The van der Waals surface area contributed by atoms with Crippen molar-refractivity contribution in [2.24, 2.45) is 0 Å². The number of aromatic hydroxyl groups is 1. The van der Waals surface area contributed by atoms with E-state index in [0.717, 1.165) is 11.0 Å². The number of halogens is 2. The minimum Gasteiger partial charge on any atom is -0.508 e. The molecular formula is C23H14Br2N2O7S. The number of anilines is 1. The van der Waals surface area contributed by atoms with Crippen LogP contribution in [0.25, 0.3) is 6.08 Å². The maximum atomic E-state index is 13.2. The summed E-state index contributed by atoms with van der Waals surface area (Å²) in [6.45, 7) is 0. The minimum atomic E-state index is -4.25. The predicted molar refractivity (Wildman–Crippen MR) is 133 cm³/mol. The van der Waals surface area contributed by atoms with E-state index in [1.165, 1.54) is 60.7 Å². The van der Waals surface area contributed by atoms with Crippen LogP contribution in [0.5, 0.6) is 11.5 Å². The highest BCUT2D eigenvalue weighted by Crippen LogP contribution is 2.37. The summed E-state index contributed by atoms with van der Waals surface area (Å²) < 4.78 is 31.7. The topological polar surface area (TPSA) is 130 Å². The number of carbonyl (C=O) groups is 3. The summed E-state index contributed by atoms with van der Waals surface area (Å²) in [5.74, 6) is -2.16. The molecule has 1 aliphatic heterocycles. The third kappa shape index (κ3) is 5.14. The lowest BCUT2D eigenvalue weighted by molar-refractivity contribution is -0.122. The highest BCUT2D eigenvalue weighted by atomic mass is 79.9. The number of phenols is 1. The van der Waals surface area contributed by atoms with E-state index >= 15 is 0 Å². The van der Waals surface area contributed by atoms with Crippen LogP contribution in [0, 0.1) is 0 Å². The first kappa shape index (κ1) is 24.6. The van der Waals surface area contributed by atoms with Gasteiger partial charge >= 0.3 is 16.1 Å².